The lowest BCUT2D eigenvalue weighted by Crippen LogP contribution is -2.28. The first-order valence-corrected chi connectivity index (χ1v) is 20.6. The summed E-state index contributed by atoms with van der Waals surface area (Å²) in [6.07, 6.45) is 0. The van der Waals surface area contributed by atoms with Gasteiger partial charge in [0.15, 0.2) is 0 Å². The van der Waals surface area contributed by atoms with Crippen molar-refractivity contribution in [1.29, 1.82) is 0 Å². The molecule has 8 aromatic rings. The second-order valence-electron chi connectivity index (χ2n) is 19.9. The van der Waals surface area contributed by atoms with E-state index < -0.39 is 0 Å². The van der Waals surface area contributed by atoms with Crippen molar-refractivity contribution in [2.75, 3.05) is 0 Å². The number of H-pyrrole nitrogens is 1. The van der Waals surface area contributed by atoms with E-state index >= 15 is 0 Å². The highest BCUT2D eigenvalue weighted by molar-refractivity contribution is 5.78. The van der Waals surface area contributed by atoms with E-state index in [9.17, 15) is 0 Å². The Balaban J connectivity index is 1.31. The molecule has 1 N–H and O–H groups in total. The molecule has 0 aliphatic rings. The number of aromatic amines is 1. The smallest absolute Gasteiger partial charge is 0.236 e. The first kappa shape index (κ1) is 40.0. The molecule has 11 heteroatoms. The molecule has 3 aromatic carbocycles. The number of nitrogens with one attached hydrogen (secondary N) is 1. The van der Waals surface area contributed by atoms with E-state index in [1.165, 1.54) is 0 Å². The summed E-state index contributed by atoms with van der Waals surface area (Å²) >= 11 is 0. The highest BCUT2D eigenvalue weighted by Gasteiger charge is 2.29. The van der Waals surface area contributed by atoms with Crippen LogP contribution in [0.5, 0.6) is 0 Å². The fourth-order valence-electron chi connectivity index (χ4n) is 7.28. The van der Waals surface area contributed by atoms with E-state index in [1.54, 1.807) is 0 Å². The average Bonchev–Trinajstić information content (AvgIpc) is 3.85. The summed E-state index contributed by atoms with van der Waals surface area (Å²) in [7, 11) is 0. The molecule has 0 amide bonds. The SMILES string of the molecule is CC(C)(C)c1cc(C(C)(C)C)nc(-n2c(CN(Cc3nc4ccccc4[nH]3)Cc3nc4ccccc4n3-c3nc(C(C)(C)C)cc(C(C)(C)C)n3)nc3ccccc32)n1. The third kappa shape index (κ3) is 8.13. The average molecular weight is 788 g/mol. The maximum atomic E-state index is 5.30. The van der Waals surface area contributed by atoms with Crippen molar-refractivity contribution in [3.63, 3.8) is 0 Å². The molecule has 0 bridgehead atoms. The maximum absolute atomic E-state index is 5.30. The second kappa shape index (κ2) is 14.5. The van der Waals surface area contributed by atoms with Gasteiger partial charge in [-0.1, -0.05) is 119 Å². The molecule has 5 heterocycles. The van der Waals surface area contributed by atoms with Gasteiger partial charge in [0, 0.05) is 21.7 Å². The zero-order valence-electron chi connectivity index (χ0n) is 36.7. The summed E-state index contributed by atoms with van der Waals surface area (Å²) in [5.74, 6) is 3.71. The molecule has 59 heavy (non-hydrogen) atoms. The molecule has 5 aromatic heterocycles. The number of hydrogen-bond donors (Lipinski definition) is 1. The van der Waals surface area contributed by atoms with Gasteiger partial charge >= 0.3 is 0 Å². The number of fused-ring (bicyclic) bond motifs is 3. The van der Waals surface area contributed by atoms with E-state index in [1.807, 2.05) is 30.3 Å². The van der Waals surface area contributed by atoms with Gasteiger partial charge in [-0.25, -0.2) is 34.9 Å². The standard InChI is InChI=1S/C48H57N11/c1-45(2,3)36-25-37(46(4,5)6)54-43(53-36)58-34-23-17-15-21-32(34)51-41(58)28-57(27-40-49-30-19-13-14-20-31(30)50-40)29-42-52-33-22-16-18-24-35(33)59(42)44-55-38(47(7,8)9)26-39(56-44)48(10,11)12/h13-26H,27-29H2,1-12H3,(H,49,50). The van der Waals surface area contributed by atoms with Crippen LogP contribution in [0.15, 0.2) is 84.9 Å². The van der Waals surface area contributed by atoms with Crippen molar-refractivity contribution in [2.45, 2.75) is 124 Å². The van der Waals surface area contributed by atoms with Crippen LogP contribution in [0.4, 0.5) is 0 Å². The Kier molecular flexibility index (Phi) is 9.81. The van der Waals surface area contributed by atoms with Crippen molar-refractivity contribution in [2.24, 2.45) is 0 Å². The zero-order valence-corrected chi connectivity index (χ0v) is 36.7. The fourth-order valence-corrected chi connectivity index (χ4v) is 7.28. The van der Waals surface area contributed by atoms with Gasteiger partial charge in [-0.15, -0.1) is 0 Å². The molecule has 0 fully saturated rings. The third-order valence-electron chi connectivity index (χ3n) is 10.7. The molecule has 0 atom stereocenters. The Morgan fingerprint density at radius 3 is 1.20 bits per heavy atom. The largest absolute Gasteiger partial charge is 0.341 e. The summed E-state index contributed by atoms with van der Waals surface area (Å²) in [4.78, 5) is 42.6. The van der Waals surface area contributed by atoms with E-state index in [4.69, 9.17) is 34.9 Å². The lowest BCUT2D eigenvalue weighted by Gasteiger charge is -2.26. The van der Waals surface area contributed by atoms with Crippen LogP contribution in [0, 0.1) is 0 Å². The molecule has 0 aliphatic heterocycles. The Hall–Kier alpha value is -5.81. The zero-order chi connectivity index (χ0) is 42.1. The number of para-hydroxylation sites is 6. The van der Waals surface area contributed by atoms with Gasteiger partial charge in [-0.05, 0) is 48.5 Å². The summed E-state index contributed by atoms with van der Waals surface area (Å²) in [5.41, 5.74) is 8.72. The van der Waals surface area contributed by atoms with Crippen LogP contribution in [0.2, 0.25) is 0 Å². The maximum Gasteiger partial charge on any atom is 0.236 e. The Morgan fingerprint density at radius 1 is 0.441 bits per heavy atom. The molecule has 0 unspecified atom stereocenters. The van der Waals surface area contributed by atoms with Crippen LogP contribution in [-0.2, 0) is 41.3 Å². The minimum atomic E-state index is -0.195. The lowest BCUT2D eigenvalue weighted by molar-refractivity contribution is 0.228. The van der Waals surface area contributed by atoms with Gasteiger partial charge in [0.1, 0.15) is 17.5 Å². The Morgan fingerprint density at radius 2 is 0.814 bits per heavy atom. The molecule has 0 saturated heterocycles. The van der Waals surface area contributed by atoms with Crippen molar-refractivity contribution in [1.82, 2.24) is 53.9 Å². The van der Waals surface area contributed by atoms with Crippen LogP contribution in [0.25, 0.3) is 45.0 Å². The normalized spacial score (nSPS) is 13.1. The summed E-state index contributed by atoms with van der Waals surface area (Å²) in [6, 6.07) is 28.9. The third-order valence-corrected chi connectivity index (χ3v) is 10.7. The van der Waals surface area contributed by atoms with Crippen LogP contribution < -0.4 is 0 Å². The molecular weight excluding hydrogens is 731 g/mol. The summed E-state index contributed by atoms with van der Waals surface area (Å²) in [6.45, 7) is 27.8. The quantitative estimate of drug-likeness (QED) is 0.162. The van der Waals surface area contributed by atoms with Gasteiger partial charge in [0.2, 0.25) is 11.9 Å². The van der Waals surface area contributed by atoms with Crippen molar-refractivity contribution >= 4 is 33.1 Å². The summed E-state index contributed by atoms with van der Waals surface area (Å²) < 4.78 is 4.28. The fraction of sp³-hybridized carbons (Fsp3) is 0.396. The van der Waals surface area contributed by atoms with Crippen LogP contribution in [-0.4, -0.2) is 53.9 Å². The van der Waals surface area contributed by atoms with Gasteiger partial charge in [-0.3, -0.25) is 14.0 Å². The van der Waals surface area contributed by atoms with E-state index in [0.29, 0.717) is 31.5 Å². The molecule has 0 radical (unpaired) electrons. The second-order valence-corrected chi connectivity index (χ2v) is 19.9. The number of aromatic nitrogens is 10. The van der Waals surface area contributed by atoms with Crippen LogP contribution in [0.1, 0.15) is 123 Å². The van der Waals surface area contributed by atoms with Crippen LogP contribution >= 0.6 is 0 Å². The first-order chi connectivity index (χ1) is 27.7. The van der Waals surface area contributed by atoms with Gasteiger partial charge in [0.25, 0.3) is 0 Å². The Labute approximate surface area is 347 Å². The molecule has 11 nitrogen and oxygen atoms in total. The first-order valence-electron chi connectivity index (χ1n) is 20.6. The number of benzene rings is 3. The van der Waals surface area contributed by atoms with E-state index in [2.05, 4.69) is 157 Å². The highest BCUT2D eigenvalue weighted by atomic mass is 15.3. The highest BCUT2D eigenvalue weighted by Crippen LogP contribution is 2.32. The van der Waals surface area contributed by atoms with Gasteiger partial charge in [0.05, 0.1) is 75.5 Å². The van der Waals surface area contributed by atoms with Crippen LogP contribution in [0.3, 0.4) is 0 Å². The number of imidazole rings is 3. The van der Waals surface area contributed by atoms with E-state index in [-0.39, 0.29) is 21.7 Å². The lowest BCUT2D eigenvalue weighted by atomic mass is 9.86. The molecular formula is C48H57N11. The number of nitrogens with zero attached hydrogens (tertiary/aromatic N) is 10. The summed E-state index contributed by atoms with van der Waals surface area (Å²) in [5, 5.41) is 0. The van der Waals surface area contributed by atoms with Gasteiger partial charge < -0.3 is 4.98 Å². The molecule has 0 spiro atoms. The number of hydrogen-bond acceptors (Lipinski definition) is 8. The monoisotopic (exact) mass is 787 g/mol. The molecule has 0 aliphatic carbocycles. The van der Waals surface area contributed by atoms with E-state index in [0.717, 1.165) is 73.3 Å². The number of rotatable bonds is 8. The molecule has 8 rings (SSSR count). The predicted octanol–water partition coefficient (Wildman–Crippen LogP) is 10.2. The van der Waals surface area contributed by atoms with Crippen molar-refractivity contribution < 1.29 is 0 Å². The van der Waals surface area contributed by atoms with Crippen molar-refractivity contribution in [3.05, 3.63) is 125 Å². The molecule has 0 saturated carbocycles. The van der Waals surface area contributed by atoms with Gasteiger partial charge in [-0.2, -0.15) is 0 Å². The van der Waals surface area contributed by atoms with Crippen molar-refractivity contribution in [3.8, 4) is 11.9 Å². The topological polar surface area (TPSA) is 119 Å². The Bertz CT molecular complexity index is 2560. The minimum Gasteiger partial charge on any atom is -0.341 e. The minimum absolute atomic E-state index is 0.195. The predicted molar refractivity (Wildman–Crippen MR) is 237 cm³/mol. The molecule has 304 valence electrons.